The van der Waals surface area contributed by atoms with E-state index in [0.29, 0.717) is 35.9 Å². The van der Waals surface area contributed by atoms with Crippen molar-refractivity contribution in [2.24, 2.45) is 0 Å². The predicted octanol–water partition coefficient (Wildman–Crippen LogP) is 3.32. The predicted molar refractivity (Wildman–Crippen MR) is 77.4 cm³/mol. The molecule has 0 aliphatic heterocycles. The van der Waals surface area contributed by atoms with Crippen molar-refractivity contribution in [2.45, 2.75) is 32.6 Å². The Morgan fingerprint density at radius 2 is 2.00 bits per heavy atom. The zero-order valence-corrected chi connectivity index (χ0v) is 12.1. The second kappa shape index (κ2) is 8.43. The summed E-state index contributed by atoms with van der Waals surface area (Å²) in [7, 11) is 0. The van der Waals surface area contributed by atoms with Crippen molar-refractivity contribution in [3.8, 4) is 5.75 Å². The number of unbranched alkanes of at least 4 members (excludes halogenated alkanes) is 1. The number of carboxylic acid groups (broad SMARTS) is 1. The maximum Gasteiger partial charge on any atom is 0.303 e. The van der Waals surface area contributed by atoms with Gasteiger partial charge in [0.25, 0.3) is 0 Å². The molecular formula is C14H18ClNO4. The van der Waals surface area contributed by atoms with Gasteiger partial charge in [0.15, 0.2) is 0 Å². The summed E-state index contributed by atoms with van der Waals surface area (Å²) in [4.78, 5) is 22.1. The van der Waals surface area contributed by atoms with Gasteiger partial charge in [-0.1, -0.05) is 11.6 Å². The number of hydrogen-bond donors (Lipinski definition) is 2. The average Bonchev–Trinajstić information content (AvgIpc) is 2.38. The molecule has 6 heteroatoms. The summed E-state index contributed by atoms with van der Waals surface area (Å²) < 4.78 is 5.40. The van der Waals surface area contributed by atoms with Crippen LogP contribution in [0.15, 0.2) is 18.2 Å². The van der Waals surface area contributed by atoms with Crippen molar-refractivity contribution >= 4 is 29.2 Å². The van der Waals surface area contributed by atoms with Gasteiger partial charge in [0, 0.05) is 17.9 Å². The summed E-state index contributed by atoms with van der Waals surface area (Å²) in [5, 5.41) is 11.7. The van der Waals surface area contributed by atoms with Crippen molar-refractivity contribution in [3.63, 3.8) is 0 Å². The molecule has 1 aromatic rings. The summed E-state index contributed by atoms with van der Waals surface area (Å²) in [6.45, 7) is 2.34. The molecule has 0 saturated carbocycles. The highest BCUT2D eigenvalue weighted by molar-refractivity contribution is 6.31. The van der Waals surface area contributed by atoms with Crippen molar-refractivity contribution in [2.75, 3.05) is 11.9 Å². The zero-order chi connectivity index (χ0) is 15.0. The van der Waals surface area contributed by atoms with Crippen molar-refractivity contribution < 1.29 is 19.4 Å². The molecule has 0 radical (unpaired) electrons. The van der Waals surface area contributed by atoms with Gasteiger partial charge in [0.2, 0.25) is 5.91 Å². The van der Waals surface area contributed by atoms with Crippen molar-refractivity contribution in [1.82, 2.24) is 0 Å². The third-order valence-corrected chi connectivity index (χ3v) is 2.80. The summed E-state index contributed by atoms with van der Waals surface area (Å²) in [5.41, 5.74) is 0.530. The van der Waals surface area contributed by atoms with Gasteiger partial charge in [0.05, 0.1) is 12.3 Å². The molecule has 0 heterocycles. The Hall–Kier alpha value is -1.75. The lowest BCUT2D eigenvalue weighted by molar-refractivity contribution is -0.137. The van der Waals surface area contributed by atoms with Crippen LogP contribution in [0.2, 0.25) is 5.02 Å². The Bertz CT molecular complexity index is 476. The van der Waals surface area contributed by atoms with Crippen LogP contribution >= 0.6 is 11.6 Å². The van der Waals surface area contributed by atoms with E-state index >= 15 is 0 Å². The van der Waals surface area contributed by atoms with E-state index in [9.17, 15) is 9.59 Å². The second-order valence-corrected chi connectivity index (χ2v) is 4.66. The highest BCUT2D eigenvalue weighted by atomic mass is 35.5. The maximum absolute atomic E-state index is 11.8. The number of amides is 1. The number of halogens is 1. The van der Waals surface area contributed by atoms with Crippen LogP contribution in [0.3, 0.4) is 0 Å². The monoisotopic (exact) mass is 299 g/mol. The highest BCUT2D eigenvalue weighted by Gasteiger charge is 2.09. The molecule has 0 aromatic heterocycles. The van der Waals surface area contributed by atoms with Gasteiger partial charge in [-0.3, -0.25) is 9.59 Å². The molecule has 1 rings (SSSR count). The van der Waals surface area contributed by atoms with E-state index in [1.807, 2.05) is 6.92 Å². The lowest BCUT2D eigenvalue weighted by Gasteiger charge is -2.11. The molecule has 0 aliphatic carbocycles. The lowest BCUT2D eigenvalue weighted by atomic mass is 10.2. The molecule has 0 atom stereocenters. The van der Waals surface area contributed by atoms with Gasteiger partial charge in [0.1, 0.15) is 5.75 Å². The first-order chi connectivity index (χ1) is 9.52. The minimum atomic E-state index is -0.848. The number of carbonyl (C=O) groups is 2. The van der Waals surface area contributed by atoms with Gasteiger partial charge >= 0.3 is 5.97 Å². The Labute approximate surface area is 122 Å². The summed E-state index contributed by atoms with van der Waals surface area (Å²) >= 11 is 5.89. The van der Waals surface area contributed by atoms with E-state index in [0.717, 1.165) is 0 Å². The van der Waals surface area contributed by atoms with Crippen LogP contribution in [-0.4, -0.2) is 23.6 Å². The topological polar surface area (TPSA) is 75.6 Å². The SMILES string of the molecule is CCOc1ccc(Cl)cc1NC(=O)CCCCC(=O)O. The quantitative estimate of drug-likeness (QED) is 0.722. The summed E-state index contributed by atoms with van der Waals surface area (Å²) in [6.07, 6.45) is 1.36. The van der Waals surface area contributed by atoms with E-state index in [2.05, 4.69) is 5.32 Å². The molecule has 0 bridgehead atoms. The van der Waals surface area contributed by atoms with Crippen LogP contribution in [0.25, 0.3) is 0 Å². The second-order valence-electron chi connectivity index (χ2n) is 4.22. The van der Waals surface area contributed by atoms with Crippen LogP contribution in [-0.2, 0) is 9.59 Å². The first-order valence-corrected chi connectivity index (χ1v) is 6.84. The van der Waals surface area contributed by atoms with Gasteiger partial charge < -0.3 is 15.2 Å². The number of carboxylic acids is 1. The maximum atomic E-state index is 11.8. The van der Waals surface area contributed by atoms with Gasteiger partial charge in [-0.2, -0.15) is 0 Å². The van der Waals surface area contributed by atoms with Crippen LogP contribution in [0.5, 0.6) is 5.75 Å². The van der Waals surface area contributed by atoms with Gasteiger partial charge in [-0.15, -0.1) is 0 Å². The molecule has 0 saturated heterocycles. The van der Waals surface area contributed by atoms with E-state index < -0.39 is 5.97 Å². The fraction of sp³-hybridized carbons (Fsp3) is 0.429. The third kappa shape index (κ3) is 5.93. The molecule has 0 aliphatic rings. The first-order valence-electron chi connectivity index (χ1n) is 6.47. The number of ether oxygens (including phenoxy) is 1. The standard InChI is InChI=1S/C14H18ClNO4/c1-2-20-12-8-7-10(15)9-11(12)16-13(17)5-3-4-6-14(18)19/h7-9H,2-6H2,1H3,(H,16,17)(H,18,19). The third-order valence-electron chi connectivity index (χ3n) is 2.56. The summed E-state index contributed by atoms with van der Waals surface area (Å²) in [5.74, 6) is -0.465. The summed E-state index contributed by atoms with van der Waals surface area (Å²) in [6, 6.07) is 5.02. The van der Waals surface area contributed by atoms with Crippen LogP contribution < -0.4 is 10.1 Å². The van der Waals surface area contributed by atoms with Crippen LogP contribution in [0, 0.1) is 0 Å². The van der Waals surface area contributed by atoms with Crippen LogP contribution in [0.1, 0.15) is 32.6 Å². The lowest BCUT2D eigenvalue weighted by Crippen LogP contribution is -2.12. The molecule has 0 unspecified atom stereocenters. The van der Waals surface area contributed by atoms with Gasteiger partial charge in [-0.05, 0) is 38.0 Å². The fourth-order valence-corrected chi connectivity index (χ4v) is 1.83. The molecule has 1 amide bonds. The molecule has 2 N–H and O–H groups in total. The fourth-order valence-electron chi connectivity index (χ4n) is 1.66. The number of hydrogen-bond acceptors (Lipinski definition) is 3. The number of rotatable bonds is 8. The molecule has 5 nitrogen and oxygen atoms in total. The number of aliphatic carboxylic acids is 1. The molecular weight excluding hydrogens is 282 g/mol. The normalized spacial score (nSPS) is 10.1. The van der Waals surface area contributed by atoms with E-state index in [1.54, 1.807) is 18.2 Å². The zero-order valence-electron chi connectivity index (χ0n) is 11.3. The highest BCUT2D eigenvalue weighted by Crippen LogP contribution is 2.28. The van der Waals surface area contributed by atoms with E-state index in [-0.39, 0.29) is 18.7 Å². The minimum Gasteiger partial charge on any atom is -0.492 e. The number of benzene rings is 1. The molecule has 1 aromatic carbocycles. The minimum absolute atomic E-state index is 0.0780. The molecule has 110 valence electrons. The smallest absolute Gasteiger partial charge is 0.303 e. The Morgan fingerprint density at radius 3 is 2.65 bits per heavy atom. The molecule has 20 heavy (non-hydrogen) atoms. The molecule has 0 fully saturated rings. The average molecular weight is 300 g/mol. The molecule has 0 spiro atoms. The number of nitrogens with one attached hydrogen (secondary N) is 1. The largest absolute Gasteiger partial charge is 0.492 e. The first kappa shape index (κ1) is 16.3. The van der Waals surface area contributed by atoms with Crippen molar-refractivity contribution in [1.29, 1.82) is 0 Å². The van der Waals surface area contributed by atoms with E-state index in [1.165, 1.54) is 0 Å². The number of carbonyl (C=O) groups excluding carboxylic acids is 1. The Balaban J connectivity index is 2.52. The Morgan fingerprint density at radius 1 is 1.30 bits per heavy atom. The van der Waals surface area contributed by atoms with Crippen LogP contribution in [0.4, 0.5) is 5.69 Å². The van der Waals surface area contributed by atoms with Crippen molar-refractivity contribution in [3.05, 3.63) is 23.2 Å². The van der Waals surface area contributed by atoms with Gasteiger partial charge in [-0.25, -0.2) is 0 Å². The Kier molecular flexibility index (Phi) is 6.87. The van der Waals surface area contributed by atoms with E-state index in [4.69, 9.17) is 21.4 Å². The number of anilines is 1.